The number of fused-ring (bicyclic) bond motifs is 1. The Morgan fingerprint density at radius 3 is 3.17 bits per heavy atom. The molecule has 3 aromatic rings. The molecule has 1 aliphatic rings. The molecule has 0 saturated heterocycles. The number of hydrogen-bond donors (Lipinski definition) is 2. The number of amides is 1. The van der Waals surface area contributed by atoms with Gasteiger partial charge in [0.1, 0.15) is 12.0 Å². The Morgan fingerprint density at radius 2 is 2.35 bits per heavy atom. The van der Waals surface area contributed by atoms with Crippen molar-refractivity contribution < 1.29 is 4.79 Å². The van der Waals surface area contributed by atoms with Gasteiger partial charge in [0.15, 0.2) is 16.0 Å². The molecule has 0 aliphatic heterocycles. The molecular weight excluding hydrogens is 332 g/mol. The second-order valence-corrected chi connectivity index (χ2v) is 7.50. The molecule has 1 atom stereocenters. The number of aryl methyl sites for hydroxylation is 1. The minimum Gasteiger partial charge on any atom is -0.296 e. The fourth-order valence-corrected chi connectivity index (χ4v) is 4.46. The van der Waals surface area contributed by atoms with E-state index in [2.05, 4.69) is 37.4 Å². The number of carbonyl (C=O) groups excluding carboxylic acids is 1. The van der Waals surface area contributed by atoms with Crippen molar-refractivity contribution in [3.05, 3.63) is 28.0 Å². The van der Waals surface area contributed by atoms with Crippen LogP contribution >= 0.6 is 22.7 Å². The lowest BCUT2D eigenvalue weighted by Crippen LogP contribution is -2.12. The molecule has 7 nitrogen and oxygen atoms in total. The summed E-state index contributed by atoms with van der Waals surface area (Å²) in [5, 5.41) is 12.4. The number of carbonyl (C=O) groups is 1. The second kappa shape index (κ2) is 5.82. The van der Waals surface area contributed by atoms with Gasteiger partial charge in [-0.15, -0.1) is 22.7 Å². The van der Waals surface area contributed by atoms with Crippen molar-refractivity contribution in [1.29, 1.82) is 0 Å². The quantitative estimate of drug-likeness (QED) is 0.760. The molecule has 118 valence electrons. The number of anilines is 1. The predicted molar refractivity (Wildman–Crippen MR) is 88.7 cm³/mol. The highest BCUT2D eigenvalue weighted by Crippen LogP contribution is 2.32. The Hall–Kier alpha value is -2.13. The number of thiazole rings is 2. The lowest BCUT2D eigenvalue weighted by atomic mass is 9.93. The third-order valence-electron chi connectivity index (χ3n) is 3.76. The van der Waals surface area contributed by atoms with E-state index in [1.54, 1.807) is 16.7 Å². The molecule has 1 amide bonds. The fraction of sp³-hybridized carbons (Fsp3) is 0.357. The van der Waals surface area contributed by atoms with Gasteiger partial charge >= 0.3 is 0 Å². The van der Waals surface area contributed by atoms with Crippen LogP contribution in [0.15, 0.2) is 11.7 Å². The topological polar surface area (TPSA) is 96.5 Å². The summed E-state index contributed by atoms with van der Waals surface area (Å²) >= 11 is 2.92. The van der Waals surface area contributed by atoms with Crippen LogP contribution in [-0.2, 0) is 12.8 Å². The van der Waals surface area contributed by atoms with Crippen LogP contribution in [0.3, 0.4) is 0 Å². The molecule has 0 bridgehead atoms. The summed E-state index contributed by atoms with van der Waals surface area (Å²) < 4.78 is 0. The largest absolute Gasteiger partial charge is 0.296 e. The first-order valence-corrected chi connectivity index (χ1v) is 9.00. The molecule has 23 heavy (non-hydrogen) atoms. The fourth-order valence-electron chi connectivity index (χ4n) is 2.55. The highest BCUT2D eigenvalue weighted by molar-refractivity contribution is 7.16. The summed E-state index contributed by atoms with van der Waals surface area (Å²) in [4.78, 5) is 26.5. The van der Waals surface area contributed by atoms with E-state index >= 15 is 0 Å². The maximum atomic E-state index is 12.3. The minimum atomic E-state index is -0.244. The first-order chi connectivity index (χ1) is 11.2. The SMILES string of the molecule is CC1CCc2nc(NC(=O)c3csc(-c4ncn[nH]4)n3)sc2C1. The molecule has 4 rings (SSSR count). The highest BCUT2D eigenvalue weighted by atomic mass is 32.1. The Morgan fingerprint density at radius 1 is 1.43 bits per heavy atom. The number of H-pyrrole nitrogens is 1. The highest BCUT2D eigenvalue weighted by Gasteiger charge is 2.21. The molecule has 0 fully saturated rings. The molecular formula is C14H14N6OS2. The van der Waals surface area contributed by atoms with Crippen LogP contribution in [0, 0.1) is 5.92 Å². The maximum Gasteiger partial charge on any atom is 0.276 e. The summed E-state index contributed by atoms with van der Waals surface area (Å²) in [5.41, 5.74) is 1.49. The molecule has 0 aromatic carbocycles. The standard InChI is InChI=1S/C14H14N6OS2/c1-7-2-3-8-10(4-7)23-14(18-8)19-12(21)9-5-22-13(17-9)11-15-6-16-20-11/h5-7H,2-4H2,1H3,(H,15,16,20)(H,18,19,21). The number of rotatable bonds is 3. The number of aromatic amines is 1. The van der Waals surface area contributed by atoms with Gasteiger partial charge in [-0.25, -0.2) is 15.0 Å². The minimum absolute atomic E-state index is 0.244. The van der Waals surface area contributed by atoms with Crippen molar-refractivity contribution in [2.24, 2.45) is 5.92 Å². The van der Waals surface area contributed by atoms with Gasteiger partial charge in [0.2, 0.25) is 0 Å². The summed E-state index contributed by atoms with van der Waals surface area (Å²) in [6.07, 6.45) is 4.62. The van der Waals surface area contributed by atoms with E-state index < -0.39 is 0 Å². The number of aromatic nitrogens is 5. The van der Waals surface area contributed by atoms with Gasteiger partial charge < -0.3 is 0 Å². The molecule has 2 N–H and O–H groups in total. The summed E-state index contributed by atoms with van der Waals surface area (Å²) in [7, 11) is 0. The van der Waals surface area contributed by atoms with Crippen LogP contribution in [0.5, 0.6) is 0 Å². The zero-order valence-electron chi connectivity index (χ0n) is 12.4. The van der Waals surface area contributed by atoms with E-state index in [1.807, 2.05) is 0 Å². The zero-order chi connectivity index (χ0) is 15.8. The predicted octanol–water partition coefficient (Wildman–Crippen LogP) is 2.76. The van der Waals surface area contributed by atoms with E-state index in [1.165, 1.54) is 22.5 Å². The normalized spacial score (nSPS) is 17.0. The van der Waals surface area contributed by atoms with Crippen molar-refractivity contribution in [3.8, 4) is 10.8 Å². The third-order valence-corrected chi connectivity index (χ3v) is 5.65. The van der Waals surface area contributed by atoms with Gasteiger partial charge in [-0.05, 0) is 25.2 Å². The molecule has 0 saturated carbocycles. The van der Waals surface area contributed by atoms with Crippen LogP contribution in [0.1, 0.15) is 34.4 Å². The summed E-state index contributed by atoms with van der Waals surface area (Å²) in [5.74, 6) is 1.01. The monoisotopic (exact) mass is 346 g/mol. The van der Waals surface area contributed by atoms with E-state index in [0.717, 1.165) is 25.0 Å². The maximum absolute atomic E-state index is 12.3. The summed E-state index contributed by atoms with van der Waals surface area (Å²) in [6.45, 7) is 2.25. The molecule has 0 radical (unpaired) electrons. The first-order valence-electron chi connectivity index (χ1n) is 7.30. The van der Waals surface area contributed by atoms with Crippen LogP contribution in [0.4, 0.5) is 5.13 Å². The molecule has 0 spiro atoms. The smallest absolute Gasteiger partial charge is 0.276 e. The van der Waals surface area contributed by atoms with Crippen LogP contribution in [0.2, 0.25) is 0 Å². The lowest BCUT2D eigenvalue weighted by molar-refractivity contribution is 0.102. The van der Waals surface area contributed by atoms with Crippen molar-refractivity contribution in [2.45, 2.75) is 26.2 Å². The average Bonchev–Trinajstić information content (AvgIpc) is 3.26. The molecule has 1 unspecified atom stereocenters. The van der Waals surface area contributed by atoms with Crippen LogP contribution < -0.4 is 5.32 Å². The van der Waals surface area contributed by atoms with E-state index in [-0.39, 0.29) is 5.91 Å². The number of nitrogens with zero attached hydrogens (tertiary/aromatic N) is 4. The van der Waals surface area contributed by atoms with E-state index in [4.69, 9.17) is 0 Å². The van der Waals surface area contributed by atoms with Crippen molar-refractivity contribution in [3.63, 3.8) is 0 Å². The van der Waals surface area contributed by atoms with Crippen LogP contribution in [0.25, 0.3) is 10.8 Å². The molecule has 3 heterocycles. The van der Waals surface area contributed by atoms with Gasteiger partial charge in [-0.3, -0.25) is 15.2 Å². The van der Waals surface area contributed by atoms with Gasteiger partial charge in [0.05, 0.1) is 5.69 Å². The van der Waals surface area contributed by atoms with Gasteiger partial charge in [-0.1, -0.05) is 6.92 Å². The van der Waals surface area contributed by atoms with Crippen molar-refractivity contribution >= 4 is 33.7 Å². The Kier molecular flexibility index (Phi) is 3.66. The number of hydrogen-bond acceptors (Lipinski definition) is 7. The molecule has 1 aliphatic carbocycles. The number of nitrogens with one attached hydrogen (secondary N) is 2. The Bertz CT molecular complexity index is 837. The zero-order valence-corrected chi connectivity index (χ0v) is 14.0. The van der Waals surface area contributed by atoms with Gasteiger partial charge in [0.25, 0.3) is 5.91 Å². The summed E-state index contributed by atoms with van der Waals surface area (Å²) in [6, 6.07) is 0. The lowest BCUT2D eigenvalue weighted by Gasteiger charge is -2.15. The van der Waals surface area contributed by atoms with E-state index in [0.29, 0.717) is 27.6 Å². The van der Waals surface area contributed by atoms with Gasteiger partial charge in [0, 0.05) is 10.3 Å². The van der Waals surface area contributed by atoms with Crippen molar-refractivity contribution in [2.75, 3.05) is 5.32 Å². The Balaban J connectivity index is 1.50. The Labute approximate surface area is 140 Å². The third kappa shape index (κ3) is 2.89. The van der Waals surface area contributed by atoms with Gasteiger partial charge in [-0.2, -0.15) is 5.10 Å². The van der Waals surface area contributed by atoms with E-state index in [9.17, 15) is 4.79 Å². The first kappa shape index (κ1) is 14.5. The average molecular weight is 346 g/mol. The van der Waals surface area contributed by atoms with Crippen LogP contribution in [-0.4, -0.2) is 31.1 Å². The molecule has 9 heteroatoms. The molecule has 3 aromatic heterocycles. The second-order valence-electron chi connectivity index (χ2n) is 5.56. The van der Waals surface area contributed by atoms with Crippen molar-refractivity contribution in [1.82, 2.24) is 25.1 Å².